The third kappa shape index (κ3) is 20.2. The number of carbonyl (C=O) groups excluding carboxylic acids is 3. The highest BCUT2D eigenvalue weighted by molar-refractivity contribution is 6.67. The fraction of sp³-hybridized carbons (Fsp3) is 0.571. The second kappa shape index (κ2) is 20.5. The molecule has 0 saturated heterocycles. The smallest absolute Gasteiger partial charge is 0.416 e. The van der Waals surface area contributed by atoms with Crippen molar-refractivity contribution in [3.63, 3.8) is 0 Å². The van der Waals surface area contributed by atoms with Crippen molar-refractivity contribution in [1.29, 1.82) is 0 Å². The van der Waals surface area contributed by atoms with Crippen LogP contribution in [0.4, 0.5) is 44.3 Å². The van der Waals surface area contributed by atoms with Gasteiger partial charge in [-0.25, -0.2) is 4.79 Å². The van der Waals surface area contributed by atoms with Crippen molar-refractivity contribution in [1.82, 2.24) is 10.6 Å². The van der Waals surface area contributed by atoms with Crippen LogP contribution in [0.25, 0.3) is 20.9 Å². The van der Waals surface area contributed by atoms with Gasteiger partial charge >= 0.3 is 24.6 Å². The van der Waals surface area contributed by atoms with Crippen molar-refractivity contribution in [3.05, 3.63) is 90.7 Å². The van der Waals surface area contributed by atoms with Crippen LogP contribution >= 0.6 is 11.6 Å². The number of amides is 2. The first-order chi connectivity index (χ1) is 25.5. The number of rotatable bonds is 8. The Hall–Kier alpha value is -4.87. The molecular weight excluding hydrogens is 803 g/mol. The second-order valence-electron chi connectivity index (χ2n) is 15.4. The lowest BCUT2D eigenvalue weighted by molar-refractivity contribution is -0.143. The maximum absolute atomic E-state index is 12.9. The van der Waals surface area contributed by atoms with Crippen molar-refractivity contribution in [2.75, 3.05) is 13.1 Å². The molecule has 0 bridgehead atoms. The van der Waals surface area contributed by atoms with Gasteiger partial charge in [0.15, 0.2) is 0 Å². The van der Waals surface area contributed by atoms with Gasteiger partial charge in [-0.2, -0.15) is 39.5 Å². The van der Waals surface area contributed by atoms with E-state index in [9.17, 15) is 53.9 Å². The van der Waals surface area contributed by atoms with Gasteiger partial charge < -0.3 is 15.4 Å². The number of aryl methyl sites for hydroxylation is 1. The second-order valence-corrected chi connectivity index (χ2v) is 15.8. The monoisotopic (exact) mass is 846 g/mol. The molecule has 57 heavy (non-hydrogen) atoms. The zero-order valence-electron chi connectivity index (χ0n) is 32.6. The van der Waals surface area contributed by atoms with E-state index in [2.05, 4.69) is 30.7 Å². The fourth-order valence-electron chi connectivity index (χ4n) is 4.15. The highest BCUT2D eigenvalue weighted by Crippen LogP contribution is 2.36. The van der Waals surface area contributed by atoms with Crippen LogP contribution in [0.5, 0.6) is 0 Å². The van der Waals surface area contributed by atoms with Crippen LogP contribution in [0.2, 0.25) is 0 Å². The number of carbonyl (C=O) groups is 3. The van der Waals surface area contributed by atoms with Gasteiger partial charge in [0.1, 0.15) is 5.60 Å². The molecule has 0 heterocycles. The number of alkyl halides is 9. The van der Waals surface area contributed by atoms with Gasteiger partial charge in [-0.15, -0.1) is 0 Å². The summed E-state index contributed by atoms with van der Waals surface area (Å²) in [5.41, 5.74) is 10.7. The number of hydrogen-bond acceptors (Lipinski definition) is 6. The average Bonchev–Trinajstić information content (AvgIpc) is 3.01. The zero-order valence-corrected chi connectivity index (χ0v) is 33.4. The molecule has 0 radical (unpaired) electrons. The molecule has 0 fully saturated rings. The summed E-state index contributed by atoms with van der Waals surface area (Å²) < 4.78 is 119. The third-order valence-electron chi connectivity index (χ3n) is 7.22. The van der Waals surface area contributed by atoms with Crippen molar-refractivity contribution in [2.24, 2.45) is 21.1 Å². The number of nitrogens with zero attached hydrogens (tertiary/aromatic N) is 6. The Morgan fingerprint density at radius 2 is 1.02 bits per heavy atom. The number of nitrogens with one attached hydrogen (secondary N) is 2. The summed E-state index contributed by atoms with van der Waals surface area (Å²) in [6.45, 7) is 17.7. The van der Waals surface area contributed by atoms with E-state index in [4.69, 9.17) is 27.4 Å². The van der Waals surface area contributed by atoms with E-state index >= 15 is 0 Å². The van der Waals surface area contributed by atoms with Crippen LogP contribution in [0.1, 0.15) is 105 Å². The number of halogens is 10. The summed E-state index contributed by atoms with van der Waals surface area (Å²) in [6, 6.07) is 2.59. The van der Waals surface area contributed by atoms with Gasteiger partial charge in [0.05, 0.1) is 16.7 Å². The maximum atomic E-state index is 12.9. The normalized spacial score (nSPS) is 13.1. The lowest BCUT2D eigenvalue weighted by atomic mass is 9.86. The van der Waals surface area contributed by atoms with E-state index in [1.165, 1.54) is 13.0 Å². The summed E-state index contributed by atoms with van der Waals surface area (Å²) in [6.07, 6.45) is -15.0. The molecule has 0 unspecified atom stereocenters. The molecule has 0 aromatic heterocycles. The van der Waals surface area contributed by atoms with Crippen molar-refractivity contribution in [2.45, 2.75) is 105 Å². The quantitative estimate of drug-likeness (QED) is 0.0882. The number of azide groups is 2. The highest BCUT2D eigenvalue weighted by Gasteiger charge is 2.38. The van der Waals surface area contributed by atoms with E-state index in [0.717, 1.165) is 12.1 Å². The number of ether oxygens (including phenoxy) is 1. The Bertz CT molecular complexity index is 1770. The molecule has 2 atom stereocenters. The van der Waals surface area contributed by atoms with Gasteiger partial charge in [-0.1, -0.05) is 51.8 Å². The van der Waals surface area contributed by atoms with Crippen molar-refractivity contribution >= 4 is 28.8 Å². The third-order valence-corrected chi connectivity index (χ3v) is 7.44. The summed E-state index contributed by atoms with van der Waals surface area (Å²) in [4.78, 5) is 39.8. The van der Waals surface area contributed by atoms with E-state index in [1.807, 2.05) is 20.8 Å². The van der Waals surface area contributed by atoms with Gasteiger partial charge in [0.25, 0.3) is 11.1 Å². The Kier molecular flexibility index (Phi) is 18.8. The molecule has 2 amide bonds. The number of benzene rings is 2. The van der Waals surface area contributed by atoms with Gasteiger partial charge in [-0.05, 0) is 103 Å². The molecule has 22 heteroatoms. The SMILES string of the molecule is CC(C)(C)OC(=O)N[C@H](CN=[N+]=[N-])C(C)(C)C.CC(C)(C)[C@@H](CN=[N+]=[N-])NC(=O)c1cc(C(F)(F)F)cc(C(F)(F)F)c1.Cc1cc(C(=O)Cl)cc(C(F)(F)F)c1. The van der Waals surface area contributed by atoms with Gasteiger partial charge in [0.2, 0.25) is 0 Å². The minimum Gasteiger partial charge on any atom is -0.444 e. The van der Waals surface area contributed by atoms with Crippen LogP contribution in [0.3, 0.4) is 0 Å². The molecule has 12 nitrogen and oxygen atoms in total. The molecule has 0 aliphatic carbocycles. The van der Waals surface area contributed by atoms with Crippen molar-refractivity contribution < 1.29 is 58.6 Å². The average molecular weight is 847 g/mol. The Labute approximate surface area is 328 Å². The number of alkyl carbamates (subject to hydrolysis) is 1. The molecule has 0 aliphatic rings. The Morgan fingerprint density at radius 1 is 0.649 bits per heavy atom. The molecule has 0 saturated carbocycles. The number of hydrogen-bond donors (Lipinski definition) is 2. The Morgan fingerprint density at radius 3 is 1.35 bits per heavy atom. The largest absolute Gasteiger partial charge is 0.444 e. The predicted molar refractivity (Wildman–Crippen MR) is 194 cm³/mol. The molecule has 2 aromatic rings. The summed E-state index contributed by atoms with van der Waals surface area (Å²) >= 11 is 5.09. The summed E-state index contributed by atoms with van der Waals surface area (Å²) in [7, 11) is 0. The maximum Gasteiger partial charge on any atom is 0.416 e. The van der Waals surface area contributed by atoms with E-state index in [-0.39, 0.29) is 36.2 Å². The molecular formula is C35H44ClF9N8O4. The van der Waals surface area contributed by atoms with Crippen LogP contribution in [0, 0.1) is 17.8 Å². The fourth-order valence-corrected chi connectivity index (χ4v) is 4.26. The van der Waals surface area contributed by atoms with Crippen molar-refractivity contribution in [3.8, 4) is 0 Å². The minimum absolute atomic E-state index is 0.0575. The van der Waals surface area contributed by atoms with Gasteiger partial charge in [0, 0.05) is 46.1 Å². The minimum atomic E-state index is -5.05. The van der Waals surface area contributed by atoms with Crippen LogP contribution in [-0.4, -0.2) is 48.0 Å². The lowest BCUT2D eigenvalue weighted by Gasteiger charge is -2.31. The standard InChI is InChI=1S/C15H16F6N4O.C11H22N4O2.C9H6ClF3O/c1-13(2,3)11(7-23-25-22)24-12(26)8-4-9(14(16,17)18)6-10(5-8)15(19,20)21;1-10(2,3)8(7-13-15-12)14-9(16)17-11(4,5)6;1-5-2-6(8(10)14)4-7(3-5)9(11,12)13/h4-6,11H,7H2,1-3H3,(H,24,26);8H,7H2,1-6H3,(H,14,16);2-4H,1H3/t11-;8-;/m11./s1. The van der Waals surface area contributed by atoms with Crippen LogP contribution in [0.15, 0.2) is 46.6 Å². The topological polar surface area (TPSA) is 182 Å². The summed E-state index contributed by atoms with van der Waals surface area (Å²) in [5.74, 6) is -1.13. The summed E-state index contributed by atoms with van der Waals surface area (Å²) in [5, 5.41) is 11.0. The zero-order chi connectivity index (χ0) is 45.0. The molecule has 0 spiro atoms. The first-order valence-corrected chi connectivity index (χ1v) is 16.9. The van der Waals surface area contributed by atoms with Crippen LogP contribution < -0.4 is 10.6 Å². The van der Waals surface area contributed by atoms with E-state index in [0.29, 0.717) is 17.7 Å². The molecule has 2 N–H and O–H groups in total. The molecule has 318 valence electrons. The van der Waals surface area contributed by atoms with Gasteiger partial charge in [-0.3, -0.25) is 9.59 Å². The highest BCUT2D eigenvalue weighted by atomic mass is 35.5. The molecule has 2 rings (SSSR count). The molecule has 2 aromatic carbocycles. The molecule has 0 aliphatic heterocycles. The van der Waals surface area contributed by atoms with Crippen LogP contribution in [-0.2, 0) is 23.3 Å². The van der Waals surface area contributed by atoms with E-state index < -0.39 is 75.1 Å². The predicted octanol–water partition coefficient (Wildman–Crippen LogP) is 11.8. The first kappa shape index (κ1) is 52.1. The van der Waals surface area contributed by atoms with E-state index in [1.54, 1.807) is 41.5 Å². The lowest BCUT2D eigenvalue weighted by Crippen LogP contribution is -2.47. The Balaban J connectivity index is 0.000000876. The first-order valence-electron chi connectivity index (χ1n) is 16.5.